The van der Waals surface area contributed by atoms with Crippen LogP contribution in [-0.2, 0) is 32.6 Å². The predicted molar refractivity (Wildman–Crippen MR) is 198 cm³/mol. The number of benzene rings is 4. The summed E-state index contributed by atoms with van der Waals surface area (Å²) in [5.41, 5.74) is 3.07. The van der Waals surface area contributed by atoms with Crippen molar-refractivity contribution < 1.29 is 18.0 Å². The molecule has 1 unspecified atom stereocenters. The number of rotatable bonds is 13. The van der Waals surface area contributed by atoms with Crippen molar-refractivity contribution in [2.24, 2.45) is 0 Å². The van der Waals surface area contributed by atoms with E-state index in [0.717, 1.165) is 62.5 Å². The predicted octanol–water partition coefficient (Wildman–Crippen LogP) is 7.76. The SMILES string of the molecule is CSc1ccc(S(=O)(=O)N(CC(=O)N(Cc2ccc(Br)cc2)C(Cc2ccccc2)C(=O)NC2CCCCC2)c2ccc(C)cc2)cc1. The lowest BCUT2D eigenvalue weighted by Gasteiger charge is -2.35. The van der Waals surface area contributed by atoms with E-state index < -0.39 is 28.5 Å². The molecular formula is C38H42BrN3O4S2. The number of aryl methyl sites for hydroxylation is 1. The van der Waals surface area contributed by atoms with E-state index in [1.165, 1.54) is 11.8 Å². The van der Waals surface area contributed by atoms with Gasteiger partial charge in [0.2, 0.25) is 11.8 Å². The van der Waals surface area contributed by atoms with E-state index in [-0.39, 0.29) is 29.8 Å². The van der Waals surface area contributed by atoms with Crippen molar-refractivity contribution in [3.8, 4) is 0 Å². The second-order valence-electron chi connectivity index (χ2n) is 12.2. The summed E-state index contributed by atoms with van der Waals surface area (Å²) in [5.74, 6) is -0.698. The summed E-state index contributed by atoms with van der Waals surface area (Å²) >= 11 is 5.01. The molecule has 0 aromatic heterocycles. The number of nitrogens with zero attached hydrogens (tertiary/aromatic N) is 2. The van der Waals surface area contributed by atoms with Gasteiger partial charge in [-0.2, -0.15) is 0 Å². The van der Waals surface area contributed by atoms with Crippen molar-refractivity contribution in [2.45, 2.75) is 73.9 Å². The van der Waals surface area contributed by atoms with Crippen LogP contribution in [0.4, 0.5) is 5.69 Å². The Morgan fingerprint density at radius 2 is 1.50 bits per heavy atom. The van der Waals surface area contributed by atoms with Gasteiger partial charge in [0.05, 0.1) is 10.6 Å². The smallest absolute Gasteiger partial charge is 0.264 e. The van der Waals surface area contributed by atoms with Gasteiger partial charge in [-0.25, -0.2) is 8.42 Å². The van der Waals surface area contributed by atoms with Gasteiger partial charge in [0.25, 0.3) is 10.0 Å². The number of hydrogen-bond donors (Lipinski definition) is 1. The van der Waals surface area contributed by atoms with Crippen molar-refractivity contribution in [2.75, 3.05) is 17.1 Å². The second-order valence-corrected chi connectivity index (χ2v) is 15.9. The summed E-state index contributed by atoms with van der Waals surface area (Å²) in [6.45, 7) is 1.58. The van der Waals surface area contributed by atoms with Gasteiger partial charge < -0.3 is 10.2 Å². The van der Waals surface area contributed by atoms with Crippen molar-refractivity contribution in [3.63, 3.8) is 0 Å². The Labute approximate surface area is 297 Å². The van der Waals surface area contributed by atoms with Crippen LogP contribution < -0.4 is 9.62 Å². The first kappa shape index (κ1) is 35.7. The zero-order chi connectivity index (χ0) is 34.1. The van der Waals surface area contributed by atoms with E-state index in [1.54, 1.807) is 41.3 Å². The van der Waals surface area contributed by atoms with Crippen molar-refractivity contribution in [1.82, 2.24) is 10.2 Å². The maximum atomic E-state index is 14.7. The molecule has 0 bridgehead atoms. The molecule has 0 radical (unpaired) electrons. The first-order chi connectivity index (χ1) is 23.1. The molecule has 5 rings (SSSR count). The van der Waals surface area contributed by atoms with Crippen molar-refractivity contribution >= 4 is 55.2 Å². The minimum atomic E-state index is -4.16. The van der Waals surface area contributed by atoms with Gasteiger partial charge in [-0.15, -0.1) is 11.8 Å². The van der Waals surface area contributed by atoms with E-state index in [4.69, 9.17) is 0 Å². The number of anilines is 1. The lowest BCUT2D eigenvalue weighted by molar-refractivity contribution is -0.140. The van der Waals surface area contributed by atoms with Gasteiger partial charge in [-0.1, -0.05) is 95.4 Å². The van der Waals surface area contributed by atoms with E-state index in [0.29, 0.717) is 5.69 Å². The Kier molecular flexibility index (Phi) is 12.4. The standard InChI is InChI=1S/C38H42BrN3O4S2/c1-28-13-19-33(20-14-28)42(48(45,46)35-23-21-34(47-2)22-24-35)27-37(43)41(26-30-15-17-31(39)18-16-30)36(25-29-9-5-3-6-10-29)38(44)40-32-11-7-4-8-12-32/h3,5-6,9-10,13-24,32,36H,4,7-8,11-12,25-27H2,1-2H3,(H,40,44). The van der Waals surface area contributed by atoms with E-state index in [2.05, 4.69) is 21.2 Å². The van der Waals surface area contributed by atoms with E-state index >= 15 is 0 Å². The van der Waals surface area contributed by atoms with E-state index in [1.807, 2.05) is 79.9 Å². The number of carbonyl (C=O) groups is 2. The minimum absolute atomic E-state index is 0.0443. The van der Waals surface area contributed by atoms with Crippen LogP contribution in [0.1, 0.15) is 48.8 Å². The second kappa shape index (κ2) is 16.7. The van der Waals surface area contributed by atoms with Gasteiger partial charge in [-0.3, -0.25) is 13.9 Å². The molecular weight excluding hydrogens is 706 g/mol. The largest absolute Gasteiger partial charge is 0.352 e. The molecule has 1 saturated carbocycles. The van der Waals surface area contributed by atoms with Crippen LogP contribution in [-0.4, -0.2) is 50.0 Å². The molecule has 1 aliphatic rings. The molecule has 0 saturated heterocycles. The molecule has 1 fully saturated rings. The number of halogens is 1. The highest BCUT2D eigenvalue weighted by Crippen LogP contribution is 2.27. The number of thioether (sulfide) groups is 1. The van der Waals surface area contributed by atoms with Crippen LogP contribution in [0.5, 0.6) is 0 Å². The number of carbonyl (C=O) groups excluding carboxylic acids is 2. The molecule has 4 aromatic rings. The van der Waals surface area contributed by atoms with Crippen molar-refractivity contribution in [3.05, 3.63) is 124 Å². The molecule has 0 heterocycles. The third-order valence-electron chi connectivity index (χ3n) is 8.74. The lowest BCUT2D eigenvalue weighted by Crippen LogP contribution is -2.55. The van der Waals surface area contributed by atoms with Gasteiger partial charge >= 0.3 is 0 Å². The Hall–Kier alpha value is -3.60. The Morgan fingerprint density at radius 3 is 2.12 bits per heavy atom. The summed E-state index contributed by atoms with van der Waals surface area (Å²) in [6.07, 6.45) is 7.27. The maximum absolute atomic E-state index is 14.7. The summed E-state index contributed by atoms with van der Waals surface area (Å²) < 4.78 is 30.6. The molecule has 0 spiro atoms. The lowest BCUT2D eigenvalue weighted by atomic mass is 9.94. The first-order valence-corrected chi connectivity index (χ1v) is 19.7. The molecule has 7 nitrogen and oxygen atoms in total. The van der Waals surface area contributed by atoms with Crippen LogP contribution in [0, 0.1) is 6.92 Å². The average Bonchev–Trinajstić information content (AvgIpc) is 3.10. The molecule has 0 aliphatic heterocycles. The molecule has 10 heteroatoms. The van der Waals surface area contributed by atoms with Gasteiger partial charge in [0.15, 0.2) is 0 Å². The van der Waals surface area contributed by atoms with Gasteiger partial charge in [-0.05, 0) is 85.7 Å². The monoisotopic (exact) mass is 747 g/mol. The van der Waals surface area contributed by atoms with Crippen LogP contribution in [0.15, 0.2) is 117 Å². The molecule has 2 amide bonds. The zero-order valence-corrected chi connectivity index (χ0v) is 30.6. The third-order valence-corrected chi connectivity index (χ3v) is 11.8. The number of nitrogens with one attached hydrogen (secondary N) is 1. The Balaban J connectivity index is 1.55. The fourth-order valence-corrected chi connectivity index (χ4v) is 8.09. The summed E-state index contributed by atoms with van der Waals surface area (Å²) in [7, 11) is -4.16. The Morgan fingerprint density at radius 1 is 0.854 bits per heavy atom. The fourth-order valence-electron chi connectivity index (χ4n) is 6.00. The summed E-state index contributed by atoms with van der Waals surface area (Å²) in [6, 6.07) is 30.2. The quantitative estimate of drug-likeness (QED) is 0.141. The summed E-state index contributed by atoms with van der Waals surface area (Å²) in [4.78, 5) is 31.5. The normalized spacial score (nSPS) is 14.2. The van der Waals surface area contributed by atoms with Crippen LogP contribution >= 0.6 is 27.7 Å². The molecule has 4 aromatic carbocycles. The molecule has 48 heavy (non-hydrogen) atoms. The summed E-state index contributed by atoms with van der Waals surface area (Å²) in [5, 5.41) is 3.25. The molecule has 252 valence electrons. The van der Waals surface area contributed by atoms with Crippen molar-refractivity contribution in [1.29, 1.82) is 0 Å². The van der Waals surface area contributed by atoms with E-state index in [9.17, 15) is 18.0 Å². The van der Waals surface area contributed by atoms with Crippen LogP contribution in [0.3, 0.4) is 0 Å². The number of amides is 2. The number of sulfonamides is 1. The molecule has 1 atom stereocenters. The highest BCUT2D eigenvalue weighted by atomic mass is 79.9. The molecule has 1 N–H and O–H groups in total. The third kappa shape index (κ3) is 9.30. The topological polar surface area (TPSA) is 86.8 Å². The zero-order valence-electron chi connectivity index (χ0n) is 27.3. The van der Waals surface area contributed by atoms with Gasteiger partial charge in [0, 0.05) is 28.4 Å². The fraction of sp³-hybridized carbons (Fsp3) is 0.316. The number of hydrogen-bond acceptors (Lipinski definition) is 5. The highest BCUT2D eigenvalue weighted by Gasteiger charge is 2.35. The molecule has 1 aliphatic carbocycles. The highest BCUT2D eigenvalue weighted by molar-refractivity contribution is 9.10. The van der Waals surface area contributed by atoms with Crippen LogP contribution in [0.2, 0.25) is 0 Å². The average molecular weight is 749 g/mol. The van der Waals surface area contributed by atoms with Crippen LogP contribution in [0.25, 0.3) is 0 Å². The van der Waals surface area contributed by atoms with Gasteiger partial charge in [0.1, 0.15) is 12.6 Å². The minimum Gasteiger partial charge on any atom is -0.352 e. The Bertz CT molecular complexity index is 1760. The first-order valence-electron chi connectivity index (χ1n) is 16.3. The maximum Gasteiger partial charge on any atom is 0.264 e.